The van der Waals surface area contributed by atoms with Gasteiger partial charge in [0.1, 0.15) is 0 Å². The molecule has 10 heteroatoms. The van der Waals surface area contributed by atoms with Crippen molar-refractivity contribution in [3.8, 4) is 5.88 Å². The zero-order valence-electron chi connectivity index (χ0n) is 13.6. The monoisotopic (exact) mass is 397 g/mol. The normalized spacial score (nSPS) is 22.2. The molecule has 0 aromatic carbocycles. The minimum absolute atomic E-state index is 0.195. The fourth-order valence-electron chi connectivity index (χ4n) is 2.05. The van der Waals surface area contributed by atoms with Gasteiger partial charge in [0.25, 0.3) is 0 Å². The summed E-state index contributed by atoms with van der Waals surface area (Å²) in [6.45, 7) is -2.21. The molecule has 0 saturated carbocycles. The molecule has 0 N–H and O–H groups in total. The summed E-state index contributed by atoms with van der Waals surface area (Å²) in [5.74, 6) is -0.465. The number of aromatic nitrogens is 1. The van der Waals surface area contributed by atoms with Gasteiger partial charge < -0.3 is 14.2 Å². The predicted molar refractivity (Wildman–Crippen MR) is 87.0 cm³/mol. The number of ether oxygens (including phenoxy) is 3. The maximum Gasteiger partial charge on any atom is 0.417 e. The van der Waals surface area contributed by atoms with Crippen LogP contribution < -0.4 is 4.74 Å². The Hall–Kier alpha value is -1.65. The average molecular weight is 397 g/mol. The Morgan fingerprint density at radius 1 is 1.31 bits per heavy atom. The molecule has 0 amide bonds. The van der Waals surface area contributed by atoms with E-state index in [0.717, 1.165) is 24.4 Å². The summed E-state index contributed by atoms with van der Waals surface area (Å²) >= 11 is 1.58. The molecule has 0 bridgehead atoms. The SMILES string of the molecule is CSC1COC(C=CC=C(c2ccc(OC(F)F)nc2)C(F)(F)F)OC1. The maximum absolute atomic E-state index is 13.2. The van der Waals surface area contributed by atoms with Gasteiger partial charge in [-0.2, -0.15) is 33.7 Å². The molecular weight excluding hydrogens is 381 g/mol. The summed E-state index contributed by atoms with van der Waals surface area (Å²) in [6.07, 6.45) is 0.747. The summed E-state index contributed by atoms with van der Waals surface area (Å²) in [5.41, 5.74) is -1.26. The van der Waals surface area contributed by atoms with Gasteiger partial charge in [-0.25, -0.2) is 4.98 Å². The fraction of sp³-hybridized carbons (Fsp3) is 0.438. The predicted octanol–water partition coefficient (Wildman–Crippen LogP) is 4.29. The standard InChI is InChI=1S/C16H16F5NO3S/c1-26-11-8-23-14(24-9-11)4-2-3-12(16(19,20)21)10-5-6-13(22-7-10)25-15(17)18/h2-7,11,14-15H,8-9H2,1H3. The molecule has 144 valence electrons. The van der Waals surface area contributed by atoms with E-state index in [1.165, 1.54) is 12.2 Å². The quantitative estimate of drug-likeness (QED) is 0.529. The van der Waals surface area contributed by atoms with Crippen LogP contribution in [0, 0.1) is 0 Å². The van der Waals surface area contributed by atoms with Crippen LogP contribution in [0.15, 0.2) is 36.6 Å². The van der Waals surface area contributed by atoms with Crippen molar-refractivity contribution in [3.05, 3.63) is 42.1 Å². The van der Waals surface area contributed by atoms with Crippen LogP contribution in [0.1, 0.15) is 5.56 Å². The van der Waals surface area contributed by atoms with Crippen molar-refractivity contribution in [1.29, 1.82) is 0 Å². The number of hydrogen-bond acceptors (Lipinski definition) is 5. The van der Waals surface area contributed by atoms with Crippen LogP contribution in [0.5, 0.6) is 5.88 Å². The van der Waals surface area contributed by atoms with Crippen LogP contribution in [-0.2, 0) is 9.47 Å². The molecule has 0 unspecified atom stereocenters. The van der Waals surface area contributed by atoms with Crippen molar-refractivity contribution in [2.24, 2.45) is 0 Å². The molecule has 2 rings (SSSR count). The Morgan fingerprint density at radius 2 is 2.00 bits per heavy atom. The van der Waals surface area contributed by atoms with Gasteiger partial charge in [0.15, 0.2) is 6.29 Å². The molecule has 0 radical (unpaired) electrons. The zero-order valence-corrected chi connectivity index (χ0v) is 14.4. The van der Waals surface area contributed by atoms with Crippen LogP contribution in [0.3, 0.4) is 0 Å². The van der Waals surface area contributed by atoms with E-state index in [4.69, 9.17) is 9.47 Å². The lowest BCUT2D eigenvalue weighted by Crippen LogP contribution is -2.32. The lowest BCUT2D eigenvalue weighted by molar-refractivity contribution is -0.146. The molecule has 26 heavy (non-hydrogen) atoms. The summed E-state index contributed by atoms with van der Waals surface area (Å²) in [6, 6.07) is 1.95. The Bertz CT molecular complexity index is 626. The van der Waals surface area contributed by atoms with E-state index in [9.17, 15) is 22.0 Å². The highest BCUT2D eigenvalue weighted by molar-refractivity contribution is 7.99. The van der Waals surface area contributed by atoms with Crippen LogP contribution in [-0.4, -0.2) is 48.8 Å². The van der Waals surface area contributed by atoms with E-state index in [0.29, 0.717) is 13.2 Å². The molecule has 1 aromatic heterocycles. The number of alkyl halides is 5. The average Bonchev–Trinajstić information content (AvgIpc) is 2.59. The third-order valence-electron chi connectivity index (χ3n) is 3.32. The zero-order chi connectivity index (χ0) is 19.2. The highest BCUT2D eigenvalue weighted by Crippen LogP contribution is 2.34. The van der Waals surface area contributed by atoms with Crippen molar-refractivity contribution >= 4 is 17.3 Å². The highest BCUT2D eigenvalue weighted by Gasteiger charge is 2.34. The molecule has 1 aromatic rings. The first-order chi connectivity index (χ1) is 12.3. The largest absolute Gasteiger partial charge is 0.417 e. The number of hydrogen-bond donors (Lipinski definition) is 0. The Morgan fingerprint density at radius 3 is 2.50 bits per heavy atom. The first-order valence-electron chi connectivity index (χ1n) is 7.42. The van der Waals surface area contributed by atoms with Crippen molar-refractivity contribution in [2.75, 3.05) is 19.5 Å². The third kappa shape index (κ3) is 6.26. The summed E-state index contributed by atoms with van der Waals surface area (Å²) < 4.78 is 78.6. The van der Waals surface area contributed by atoms with Gasteiger partial charge in [-0.15, -0.1) is 0 Å². The minimum atomic E-state index is -4.66. The van der Waals surface area contributed by atoms with Crippen LogP contribution in [0.2, 0.25) is 0 Å². The van der Waals surface area contributed by atoms with Gasteiger partial charge in [-0.3, -0.25) is 0 Å². The van der Waals surface area contributed by atoms with E-state index in [-0.39, 0.29) is 10.8 Å². The van der Waals surface area contributed by atoms with Crippen molar-refractivity contribution < 1.29 is 36.2 Å². The van der Waals surface area contributed by atoms with Gasteiger partial charge in [-0.1, -0.05) is 6.08 Å². The van der Waals surface area contributed by atoms with Gasteiger partial charge in [0.05, 0.1) is 24.0 Å². The molecule has 1 aliphatic heterocycles. The molecular formula is C16H16F5NO3S. The molecule has 1 aliphatic rings. The fourth-order valence-corrected chi connectivity index (χ4v) is 2.47. The number of thioether (sulfide) groups is 1. The first kappa shape index (κ1) is 20.7. The van der Waals surface area contributed by atoms with E-state index in [2.05, 4.69) is 9.72 Å². The van der Waals surface area contributed by atoms with Gasteiger partial charge in [0.2, 0.25) is 5.88 Å². The number of rotatable bonds is 6. The van der Waals surface area contributed by atoms with Crippen molar-refractivity contribution in [2.45, 2.75) is 24.3 Å². The second-order valence-electron chi connectivity index (χ2n) is 5.12. The Labute approximate surface area is 151 Å². The second kappa shape index (κ2) is 9.33. The number of pyridine rings is 1. The molecule has 0 spiro atoms. The molecule has 4 nitrogen and oxygen atoms in total. The molecule has 1 fully saturated rings. The van der Waals surface area contributed by atoms with Gasteiger partial charge >= 0.3 is 12.8 Å². The minimum Gasteiger partial charge on any atom is -0.417 e. The van der Waals surface area contributed by atoms with E-state index >= 15 is 0 Å². The Kier molecular flexibility index (Phi) is 7.42. The smallest absolute Gasteiger partial charge is 0.417 e. The summed E-state index contributed by atoms with van der Waals surface area (Å²) in [4.78, 5) is 3.45. The number of nitrogens with zero attached hydrogens (tertiary/aromatic N) is 1. The number of halogens is 5. The van der Waals surface area contributed by atoms with Crippen LogP contribution in [0.25, 0.3) is 5.57 Å². The summed E-state index contributed by atoms with van der Waals surface area (Å²) in [5, 5.41) is 0.195. The topological polar surface area (TPSA) is 40.6 Å². The van der Waals surface area contributed by atoms with E-state index in [1.54, 1.807) is 11.8 Å². The van der Waals surface area contributed by atoms with Gasteiger partial charge in [0, 0.05) is 17.8 Å². The van der Waals surface area contributed by atoms with E-state index in [1.807, 2.05) is 6.26 Å². The van der Waals surface area contributed by atoms with Gasteiger partial charge in [-0.05, 0) is 24.5 Å². The second-order valence-corrected chi connectivity index (χ2v) is 6.26. The van der Waals surface area contributed by atoms with Crippen molar-refractivity contribution in [3.63, 3.8) is 0 Å². The lowest BCUT2D eigenvalue weighted by atomic mass is 10.1. The molecule has 2 heterocycles. The van der Waals surface area contributed by atoms with Crippen molar-refractivity contribution in [1.82, 2.24) is 4.98 Å². The first-order valence-corrected chi connectivity index (χ1v) is 8.71. The van der Waals surface area contributed by atoms with Crippen LogP contribution in [0.4, 0.5) is 22.0 Å². The summed E-state index contributed by atoms with van der Waals surface area (Å²) in [7, 11) is 0. The molecule has 0 atom stereocenters. The maximum atomic E-state index is 13.2. The molecule has 0 aliphatic carbocycles. The lowest BCUT2D eigenvalue weighted by Gasteiger charge is -2.26. The third-order valence-corrected chi connectivity index (χ3v) is 4.26. The Balaban J connectivity index is 2.09. The number of allylic oxidation sites excluding steroid dienone is 3. The highest BCUT2D eigenvalue weighted by atomic mass is 32.2. The molecule has 1 saturated heterocycles. The van der Waals surface area contributed by atoms with E-state index < -0.39 is 30.5 Å². The van der Waals surface area contributed by atoms with Crippen LogP contribution >= 0.6 is 11.8 Å².